The van der Waals surface area contributed by atoms with Crippen LogP contribution >= 0.6 is 0 Å². The topological polar surface area (TPSA) is 65.2 Å². The molecule has 0 aliphatic rings. The molecule has 0 atom stereocenters. The monoisotopic (exact) mass is 194 g/mol. The van der Waals surface area contributed by atoms with Crippen LogP contribution in [0.5, 0.6) is 0 Å². The Kier molecular flexibility index (Phi) is 3.91. The lowest BCUT2D eigenvalue weighted by molar-refractivity contribution is -0.143. The zero-order valence-corrected chi connectivity index (χ0v) is 8.19. The number of nitrogen functional groups attached to an aromatic ring is 1. The van der Waals surface area contributed by atoms with Gasteiger partial charge in [0.2, 0.25) is 0 Å². The van der Waals surface area contributed by atoms with Crippen molar-refractivity contribution in [1.29, 1.82) is 0 Å². The van der Waals surface area contributed by atoms with E-state index in [1.165, 1.54) is 0 Å². The number of hydrogen-bond donors (Lipinski definition) is 1. The molecule has 0 spiro atoms. The number of esters is 1. The summed E-state index contributed by atoms with van der Waals surface area (Å²) in [5.41, 5.74) is 6.51. The number of hydrogen-bond acceptors (Lipinski definition) is 4. The van der Waals surface area contributed by atoms with E-state index >= 15 is 0 Å². The Morgan fingerprint density at radius 2 is 2.43 bits per heavy atom. The van der Waals surface area contributed by atoms with Gasteiger partial charge in [0.05, 0.1) is 6.61 Å². The van der Waals surface area contributed by atoms with Crippen LogP contribution < -0.4 is 5.73 Å². The van der Waals surface area contributed by atoms with Crippen LogP contribution in [0.2, 0.25) is 0 Å². The van der Waals surface area contributed by atoms with Gasteiger partial charge in [0.25, 0.3) is 0 Å². The van der Waals surface area contributed by atoms with Crippen LogP contribution in [0.1, 0.15) is 18.9 Å². The van der Waals surface area contributed by atoms with Crippen LogP contribution in [-0.4, -0.2) is 17.6 Å². The maximum atomic E-state index is 11.0. The number of nitrogens with two attached hydrogens (primary N) is 1. The third kappa shape index (κ3) is 3.05. The first-order valence-electron chi connectivity index (χ1n) is 4.59. The number of aromatic nitrogens is 1. The Balaban J connectivity index is 2.46. The molecule has 1 aromatic rings. The summed E-state index contributed by atoms with van der Waals surface area (Å²) in [7, 11) is 0. The molecule has 0 saturated heterocycles. The van der Waals surface area contributed by atoms with E-state index in [4.69, 9.17) is 10.5 Å². The summed E-state index contributed by atoms with van der Waals surface area (Å²) in [6, 6.07) is 3.67. The summed E-state index contributed by atoms with van der Waals surface area (Å²) in [4.78, 5) is 15.0. The number of ether oxygens (including phenoxy) is 1. The van der Waals surface area contributed by atoms with E-state index < -0.39 is 0 Å². The van der Waals surface area contributed by atoms with Gasteiger partial charge in [-0.15, -0.1) is 0 Å². The van der Waals surface area contributed by atoms with Crippen molar-refractivity contribution in [1.82, 2.24) is 4.98 Å². The highest BCUT2D eigenvalue weighted by Crippen LogP contribution is 2.09. The average molecular weight is 194 g/mol. The second-order valence-corrected chi connectivity index (χ2v) is 2.85. The van der Waals surface area contributed by atoms with E-state index in [9.17, 15) is 4.79 Å². The lowest BCUT2D eigenvalue weighted by Gasteiger charge is -2.03. The summed E-state index contributed by atoms with van der Waals surface area (Å²) >= 11 is 0. The molecule has 0 aliphatic carbocycles. The third-order valence-electron chi connectivity index (χ3n) is 1.83. The van der Waals surface area contributed by atoms with E-state index in [2.05, 4.69) is 4.98 Å². The van der Waals surface area contributed by atoms with E-state index in [-0.39, 0.29) is 5.97 Å². The highest BCUT2D eigenvalue weighted by atomic mass is 16.5. The quantitative estimate of drug-likeness (QED) is 0.730. The smallest absolute Gasteiger partial charge is 0.306 e. The Morgan fingerprint density at radius 1 is 1.64 bits per heavy atom. The van der Waals surface area contributed by atoms with Gasteiger partial charge in [0.1, 0.15) is 5.82 Å². The van der Waals surface area contributed by atoms with Crippen molar-refractivity contribution >= 4 is 11.8 Å². The van der Waals surface area contributed by atoms with Crippen molar-refractivity contribution in [2.45, 2.75) is 19.8 Å². The number of nitrogens with zero attached hydrogens (tertiary/aromatic N) is 1. The van der Waals surface area contributed by atoms with Crippen molar-refractivity contribution in [3.05, 3.63) is 23.9 Å². The molecule has 1 heterocycles. The predicted molar refractivity (Wildman–Crippen MR) is 53.6 cm³/mol. The fourth-order valence-corrected chi connectivity index (χ4v) is 1.13. The molecule has 2 N–H and O–H groups in total. The molecule has 0 fully saturated rings. The normalized spacial score (nSPS) is 9.79. The number of carbonyl (C=O) groups excluding carboxylic acids is 1. The summed E-state index contributed by atoms with van der Waals surface area (Å²) in [6.07, 6.45) is 2.56. The highest BCUT2D eigenvalue weighted by Gasteiger charge is 2.04. The maximum Gasteiger partial charge on any atom is 0.306 e. The number of aryl methyl sites for hydroxylation is 1. The first kappa shape index (κ1) is 10.5. The van der Waals surface area contributed by atoms with Crippen molar-refractivity contribution in [2.75, 3.05) is 12.3 Å². The van der Waals surface area contributed by atoms with Gasteiger partial charge in [-0.05, 0) is 25.0 Å². The molecule has 4 nitrogen and oxygen atoms in total. The molecule has 1 rings (SSSR count). The zero-order chi connectivity index (χ0) is 10.4. The Hall–Kier alpha value is -1.58. The fourth-order valence-electron chi connectivity index (χ4n) is 1.13. The van der Waals surface area contributed by atoms with Crippen molar-refractivity contribution < 1.29 is 9.53 Å². The van der Waals surface area contributed by atoms with Crippen molar-refractivity contribution in [2.24, 2.45) is 0 Å². The largest absolute Gasteiger partial charge is 0.466 e. The zero-order valence-electron chi connectivity index (χ0n) is 8.19. The summed E-state index contributed by atoms with van der Waals surface area (Å²) in [5.74, 6) is 0.285. The van der Waals surface area contributed by atoms with Gasteiger partial charge in [-0.3, -0.25) is 4.79 Å². The van der Waals surface area contributed by atoms with E-state index in [0.29, 0.717) is 25.3 Å². The maximum absolute atomic E-state index is 11.0. The van der Waals surface area contributed by atoms with Crippen LogP contribution in [0.25, 0.3) is 0 Å². The van der Waals surface area contributed by atoms with Gasteiger partial charge in [-0.25, -0.2) is 4.98 Å². The third-order valence-corrected chi connectivity index (χ3v) is 1.83. The number of anilines is 1. The van der Waals surface area contributed by atoms with E-state index in [0.717, 1.165) is 5.56 Å². The Labute approximate surface area is 83.1 Å². The number of pyridine rings is 1. The lowest BCUT2D eigenvalue weighted by atomic mass is 10.1. The first-order valence-corrected chi connectivity index (χ1v) is 4.59. The molecule has 0 bridgehead atoms. The number of carbonyl (C=O) groups is 1. The minimum Gasteiger partial charge on any atom is -0.466 e. The lowest BCUT2D eigenvalue weighted by Crippen LogP contribution is -2.06. The summed E-state index contributed by atoms with van der Waals surface area (Å²) < 4.78 is 4.80. The van der Waals surface area contributed by atoms with Gasteiger partial charge in [0, 0.05) is 12.6 Å². The molecule has 4 heteroatoms. The van der Waals surface area contributed by atoms with Gasteiger partial charge in [0.15, 0.2) is 0 Å². The number of rotatable bonds is 4. The molecule has 0 aliphatic heterocycles. The second-order valence-electron chi connectivity index (χ2n) is 2.85. The molecule has 0 amide bonds. The SMILES string of the molecule is CCOC(=O)CCc1cccnc1N. The van der Waals surface area contributed by atoms with Gasteiger partial charge in [-0.2, -0.15) is 0 Å². The summed E-state index contributed by atoms with van der Waals surface area (Å²) in [5, 5.41) is 0. The predicted octanol–water partition coefficient (Wildman–Crippen LogP) is 1.16. The van der Waals surface area contributed by atoms with E-state index in [1.54, 1.807) is 19.2 Å². The standard InChI is InChI=1S/C10H14N2O2/c1-2-14-9(13)6-5-8-4-3-7-12-10(8)11/h3-4,7H,2,5-6H2,1H3,(H2,11,12). The molecule has 0 radical (unpaired) electrons. The fraction of sp³-hybridized carbons (Fsp3) is 0.400. The van der Waals surface area contributed by atoms with E-state index in [1.807, 2.05) is 6.07 Å². The van der Waals surface area contributed by atoms with Crippen LogP contribution in [0, 0.1) is 0 Å². The Bertz CT molecular complexity index is 313. The molecule has 1 aromatic heterocycles. The minimum atomic E-state index is -0.198. The molecule has 14 heavy (non-hydrogen) atoms. The molecule has 0 saturated carbocycles. The molecule has 0 unspecified atom stereocenters. The molecule has 76 valence electrons. The van der Waals surface area contributed by atoms with Crippen molar-refractivity contribution in [3.63, 3.8) is 0 Å². The summed E-state index contributed by atoms with van der Waals surface area (Å²) in [6.45, 7) is 2.21. The van der Waals surface area contributed by atoms with Crippen LogP contribution in [-0.2, 0) is 16.0 Å². The molecule has 0 aromatic carbocycles. The Morgan fingerprint density at radius 3 is 3.07 bits per heavy atom. The second kappa shape index (κ2) is 5.21. The first-order chi connectivity index (χ1) is 6.74. The highest BCUT2D eigenvalue weighted by molar-refractivity contribution is 5.69. The van der Waals surface area contributed by atoms with Crippen LogP contribution in [0.3, 0.4) is 0 Å². The van der Waals surface area contributed by atoms with Gasteiger partial charge < -0.3 is 10.5 Å². The molecular weight excluding hydrogens is 180 g/mol. The average Bonchev–Trinajstić information content (AvgIpc) is 2.17. The van der Waals surface area contributed by atoms with Crippen LogP contribution in [0.15, 0.2) is 18.3 Å². The van der Waals surface area contributed by atoms with Crippen molar-refractivity contribution in [3.8, 4) is 0 Å². The van der Waals surface area contributed by atoms with Crippen LogP contribution in [0.4, 0.5) is 5.82 Å². The van der Waals surface area contributed by atoms with Gasteiger partial charge >= 0.3 is 5.97 Å². The van der Waals surface area contributed by atoms with Gasteiger partial charge in [-0.1, -0.05) is 6.07 Å². The molecular formula is C10H14N2O2. The minimum absolute atomic E-state index is 0.198.